The van der Waals surface area contributed by atoms with E-state index in [0.29, 0.717) is 11.1 Å². The van der Waals surface area contributed by atoms with Crippen molar-refractivity contribution >= 4 is 5.97 Å². The van der Waals surface area contributed by atoms with Gasteiger partial charge in [0.25, 0.3) is 0 Å². The van der Waals surface area contributed by atoms with Crippen molar-refractivity contribution in [1.29, 1.82) is 0 Å². The molecule has 4 nitrogen and oxygen atoms in total. The number of aromatic hydroxyl groups is 1. The van der Waals surface area contributed by atoms with Crippen LogP contribution in [0.3, 0.4) is 0 Å². The SMILES string of the molecule is CC(C(=O)O)c1cccc(CO)c1O. The van der Waals surface area contributed by atoms with Crippen LogP contribution < -0.4 is 0 Å². The predicted molar refractivity (Wildman–Crippen MR) is 50.1 cm³/mol. The molecule has 0 spiro atoms. The molecule has 4 heteroatoms. The fourth-order valence-electron chi connectivity index (χ4n) is 1.22. The van der Waals surface area contributed by atoms with Crippen LogP contribution in [0.15, 0.2) is 18.2 Å². The van der Waals surface area contributed by atoms with E-state index in [9.17, 15) is 9.90 Å². The van der Waals surface area contributed by atoms with Gasteiger partial charge in [-0.05, 0) is 6.92 Å². The summed E-state index contributed by atoms with van der Waals surface area (Å²) in [5, 5.41) is 27.2. The van der Waals surface area contributed by atoms with Crippen molar-refractivity contribution in [3.8, 4) is 5.75 Å². The van der Waals surface area contributed by atoms with Gasteiger partial charge in [-0.3, -0.25) is 4.79 Å². The highest BCUT2D eigenvalue weighted by Gasteiger charge is 2.18. The van der Waals surface area contributed by atoms with Gasteiger partial charge in [0.15, 0.2) is 0 Å². The summed E-state index contributed by atoms with van der Waals surface area (Å²) in [5.74, 6) is -1.92. The lowest BCUT2D eigenvalue weighted by molar-refractivity contribution is -0.138. The van der Waals surface area contributed by atoms with Crippen LogP contribution >= 0.6 is 0 Å². The topological polar surface area (TPSA) is 77.8 Å². The first-order valence-electron chi connectivity index (χ1n) is 4.22. The van der Waals surface area contributed by atoms with Gasteiger partial charge in [0.05, 0.1) is 12.5 Å². The van der Waals surface area contributed by atoms with Crippen LogP contribution in [-0.2, 0) is 11.4 Å². The van der Waals surface area contributed by atoms with E-state index in [1.165, 1.54) is 13.0 Å². The summed E-state index contributed by atoms with van der Waals surface area (Å²) in [6.45, 7) is 1.19. The van der Waals surface area contributed by atoms with Crippen LogP contribution in [0.25, 0.3) is 0 Å². The molecule has 14 heavy (non-hydrogen) atoms. The average molecular weight is 196 g/mol. The monoisotopic (exact) mass is 196 g/mol. The number of phenols is 1. The quantitative estimate of drug-likeness (QED) is 0.675. The van der Waals surface area contributed by atoms with E-state index in [1.54, 1.807) is 12.1 Å². The number of rotatable bonds is 3. The van der Waals surface area contributed by atoms with E-state index in [4.69, 9.17) is 10.2 Å². The fourth-order valence-corrected chi connectivity index (χ4v) is 1.22. The number of benzene rings is 1. The number of hydrogen-bond donors (Lipinski definition) is 3. The molecule has 0 aliphatic heterocycles. The Labute approximate surface area is 81.4 Å². The van der Waals surface area contributed by atoms with Crippen molar-refractivity contribution in [1.82, 2.24) is 0 Å². The molecular weight excluding hydrogens is 184 g/mol. The number of hydrogen-bond acceptors (Lipinski definition) is 3. The van der Waals surface area contributed by atoms with Gasteiger partial charge in [0.2, 0.25) is 0 Å². The normalized spacial score (nSPS) is 12.4. The van der Waals surface area contributed by atoms with E-state index in [1.807, 2.05) is 0 Å². The van der Waals surface area contributed by atoms with Crippen molar-refractivity contribution in [2.75, 3.05) is 0 Å². The minimum Gasteiger partial charge on any atom is -0.507 e. The maximum absolute atomic E-state index is 10.7. The molecule has 1 unspecified atom stereocenters. The molecule has 0 aliphatic carbocycles. The maximum Gasteiger partial charge on any atom is 0.310 e. The number of carbonyl (C=O) groups is 1. The first-order chi connectivity index (χ1) is 6.57. The number of aliphatic carboxylic acids is 1. The minimum absolute atomic E-state index is 0.134. The van der Waals surface area contributed by atoms with Crippen molar-refractivity contribution in [3.63, 3.8) is 0 Å². The molecule has 0 bridgehead atoms. The molecule has 1 rings (SSSR count). The van der Waals surface area contributed by atoms with E-state index < -0.39 is 11.9 Å². The van der Waals surface area contributed by atoms with Crippen LogP contribution in [0, 0.1) is 0 Å². The number of carboxylic acids is 1. The molecule has 0 aromatic heterocycles. The second-order valence-electron chi connectivity index (χ2n) is 3.07. The molecule has 76 valence electrons. The molecule has 0 aliphatic rings. The summed E-state index contributed by atoms with van der Waals surface area (Å²) in [4.78, 5) is 10.7. The average Bonchev–Trinajstić information content (AvgIpc) is 2.17. The van der Waals surface area contributed by atoms with Crippen LogP contribution in [0.1, 0.15) is 24.0 Å². The maximum atomic E-state index is 10.7. The lowest BCUT2D eigenvalue weighted by atomic mass is 9.98. The Morgan fingerprint density at radius 2 is 2.14 bits per heavy atom. The zero-order chi connectivity index (χ0) is 10.7. The Morgan fingerprint density at radius 3 is 2.64 bits per heavy atom. The zero-order valence-electron chi connectivity index (χ0n) is 7.77. The lowest BCUT2D eigenvalue weighted by Crippen LogP contribution is -2.08. The van der Waals surface area contributed by atoms with Gasteiger partial charge in [-0.25, -0.2) is 0 Å². The first kappa shape index (κ1) is 10.5. The standard InChI is InChI=1S/C10H12O4/c1-6(10(13)14)8-4-2-3-7(5-11)9(8)12/h2-4,6,11-12H,5H2,1H3,(H,13,14). The van der Waals surface area contributed by atoms with E-state index in [0.717, 1.165) is 0 Å². The summed E-state index contributed by atoms with van der Waals surface area (Å²) >= 11 is 0. The number of aliphatic hydroxyl groups excluding tert-OH is 1. The second kappa shape index (κ2) is 4.11. The Bertz CT molecular complexity index is 346. The van der Waals surface area contributed by atoms with E-state index in [2.05, 4.69) is 0 Å². The number of carboxylic acid groups (broad SMARTS) is 1. The lowest BCUT2D eigenvalue weighted by Gasteiger charge is -2.11. The Morgan fingerprint density at radius 1 is 1.50 bits per heavy atom. The molecule has 0 saturated heterocycles. The van der Waals surface area contributed by atoms with Crippen LogP contribution in [0.2, 0.25) is 0 Å². The molecule has 1 aromatic rings. The van der Waals surface area contributed by atoms with Crippen LogP contribution in [-0.4, -0.2) is 21.3 Å². The van der Waals surface area contributed by atoms with Gasteiger partial charge >= 0.3 is 5.97 Å². The molecule has 0 saturated carbocycles. The van der Waals surface area contributed by atoms with E-state index in [-0.39, 0.29) is 12.4 Å². The number of aliphatic hydroxyl groups is 1. The van der Waals surface area contributed by atoms with Gasteiger partial charge in [-0.1, -0.05) is 18.2 Å². The van der Waals surface area contributed by atoms with Gasteiger partial charge in [-0.2, -0.15) is 0 Å². The molecular formula is C10H12O4. The molecule has 0 radical (unpaired) electrons. The first-order valence-corrected chi connectivity index (χ1v) is 4.22. The summed E-state index contributed by atoms with van der Waals surface area (Å²) in [5.41, 5.74) is 0.666. The molecule has 1 atom stereocenters. The summed E-state index contributed by atoms with van der Waals surface area (Å²) in [6, 6.07) is 4.70. The van der Waals surface area contributed by atoms with Crippen molar-refractivity contribution in [3.05, 3.63) is 29.3 Å². The van der Waals surface area contributed by atoms with Gasteiger partial charge in [-0.15, -0.1) is 0 Å². The third kappa shape index (κ3) is 1.85. The molecule has 0 amide bonds. The number of para-hydroxylation sites is 1. The third-order valence-electron chi connectivity index (χ3n) is 2.16. The van der Waals surface area contributed by atoms with Gasteiger partial charge < -0.3 is 15.3 Å². The van der Waals surface area contributed by atoms with Crippen molar-refractivity contribution in [2.24, 2.45) is 0 Å². The van der Waals surface area contributed by atoms with Crippen LogP contribution in [0.5, 0.6) is 5.75 Å². The molecule has 3 N–H and O–H groups in total. The third-order valence-corrected chi connectivity index (χ3v) is 2.16. The Kier molecular flexibility index (Phi) is 3.09. The smallest absolute Gasteiger partial charge is 0.310 e. The second-order valence-corrected chi connectivity index (χ2v) is 3.07. The largest absolute Gasteiger partial charge is 0.507 e. The summed E-state index contributed by atoms with van der Waals surface area (Å²) < 4.78 is 0. The molecule has 0 fully saturated rings. The Hall–Kier alpha value is -1.55. The fraction of sp³-hybridized carbons (Fsp3) is 0.300. The van der Waals surface area contributed by atoms with Crippen LogP contribution in [0.4, 0.5) is 0 Å². The zero-order valence-corrected chi connectivity index (χ0v) is 7.77. The minimum atomic E-state index is -1.00. The molecule has 1 aromatic carbocycles. The highest BCUT2D eigenvalue weighted by molar-refractivity contribution is 5.76. The summed E-state index contributed by atoms with van der Waals surface area (Å²) in [7, 11) is 0. The highest BCUT2D eigenvalue weighted by Crippen LogP contribution is 2.29. The van der Waals surface area contributed by atoms with Crippen molar-refractivity contribution in [2.45, 2.75) is 19.4 Å². The Balaban J connectivity index is 3.15. The van der Waals surface area contributed by atoms with Crippen molar-refractivity contribution < 1.29 is 20.1 Å². The van der Waals surface area contributed by atoms with Gasteiger partial charge in [0.1, 0.15) is 5.75 Å². The molecule has 0 heterocycles. The predicted octanol–water partition coefficient (Wildman–Crippen LogP) is 1.07. The summed E-state index contributed by atoms with van der Waals surface area (Å²) in [6.07, 6.45) is 0. The van der Waals surface area contributed by atoms with Gasteiger partial charge in [0, 0.05) is 11.1 Å². The highest BCUT2D eigenvalue weighted by atomic mass is 16.4. The van der Waals surface area contributed by atoms with E-state index >= 15 is 0 Å².